The highest BCUT2D eigenvalue weighted by Crippen LogP contribution is 2.30. The van der Waals surface area contributed by atoms with Crippen molar-refractivity contribution in [2.24, 2.45) is 0 Å². The maximum absolute atomic E-state index is 14.3. The van der Waals surface area contributed by atoms with Gasteiger partial charge in [0.1, 0.15) is 17.1 Å². The molecule has 8 heteroatoms. The van der Waals surface area contributed by atoms with Crippen molar-refractivity contribution < 1.29 is 23.5 Å². The van der Waals surface area contributed by atoms with Gasteiger partial charge in [0.05, 0.1) is 19.9 Å². The third-order valence-corrected chi connectivity index (χ3v) is 4.73. The summed E-state index contributed by atoms with van der Waals surface area (Å²) in [7, 11) is 2.40. The van der Waals surface area contributed by atoms with Crippen molar-refractivity contribution in [1.82, 2.24) is 9.78 Å². The Morgan fingerprint density at radius 1 is 1.07 bits per heavy atom. The highest BCUT2D eigenvalue weighted by Gasteiger charge is 2.31. The fourth-order valence-electron chi connectivity index (χ4n) is 2.76. The van der Waals surface area contributed by atoms with E-state index in [1.165, 1.54) is 25.0 Å². The fraction of sp³-hybridized carbons (Fsp3) is 0.150. The second-order valence-corrected chi connectivity index (χ2v) is 6.30. The van der Waals surface area contributed by atoms with Gasteiger partial charge in [-0.15, -0.1) is 0 Å². The molecule has 0 amide bonds. The second kappa shape index (κ2) is 8.35. The molecular formula is C20H16BrFN2O4. The molecule has 3 rings (SSSR count). The largest absolute Gasteiger partial charge is 0.465 e. The van der Waals surface area contributed by atoms with Gasteiger partial charge >= 0.3 is 11.9 Å². The van der Waals surface area contributed by atoms with E-state index in [-0.39, 0.29) is 17.0 Å². The number of carbonyl (C=O) groups is 2. The van der Waals surface area contributed by atoms with Gasteiger partial charge in [0, 0.05) is 10.9 Å². The molecule has 0 unspecified atom stereocenters. The highest BCUT2D eigenvalue weighted by molar-refractivity contribution is 9.08. The summed E-state index contributed by atoms with van der Waals surface area (Å²) in [5.41, 5.74) is 1.26. The smallest absolute Gasteiger partial charge is 0.357 e. The van der Waals surface area contributed by atoms with Crippen molar-refractivity contribution in [1.29, 1.82) is 0 Å². The maximum Gasteiger partial charge on any atom is 0.357 e. The van der Waals surface area contributed by atoms with E-state index in [2.05, 4.69) is 21.0 Å². The van der Waals surface area contributed by atoms with E-state index < -0.39 is 17.8 Å². The van der Waals surface area contributed by atoms with Gasteiger partial charge in [-0.05, 0) is 23.8 Å². The number of rotatable bonds is 5. The number of alkyl halides is 1. The molecule has 0 saturated carbocycles. The molecule has 0 aliphatic rings. The van der Waals surface area contributed by atoms with Crippen LogP contribution in [0.5, 0.6) is 0 Å². The van der Waals surface area contributed by atoms with Crippen LogP contribution in [0.15, 0.2) is 48.5 Å². The molecule has 1 aromatic heterocycles. The molecule has 6 nitrogen and oxygen atoms in total. The number of carbonyl (C=O) groups excluding carboxylic acids is 2. The van der Waals surface area contributed by atoms with Gasteiger partial charge in [-0.1, -0.05) is 46.3 Å². The van der Waals surface area contributed by atoms with Crippen molar-refractivity contribution in [3.8, 4) is 16.9 Å². The van der Waals surface area contributed by atoms with Crippen LogP contribution in [-0.4, -0.2) is 35.9 Å². The molecule has 0 fully saturated rings. The summed E-state index contributed by atoms with van der Waals surface area (Å²) in [5.74, 6) is -2.00. The van der Waals surface area contributed by atoms with Crippen molar-refractivity contribution in [3.63, 3.8) is 0 Å². The van der Waals surface area contributed by atoms with Crippen LogP contribution in [0.3, 0.4) is 0 Å². The quantitative estimate of drug-likeness (QED) is 0.434. The van der Waals surface area contributed by atoms with Crippen LogP contribution in [0.25, 0.3) is 16.9 Å². The normalized spacial score (nSPS) is 10.6. The Bertz CT molecular complexity index is 1030. The molecule has 0 radical (unpaired) electrons. The van der Waals surface area contributed by atoms with E-state index >= 15 is 0 Å². The monoisotopic (exact) mass is 446 g/mol. The third kappa shape index (κ3) is 3.55. The molecule has 0 aliphatic carbocycles. The van der Waals surface area contributed by atoms with E-state index in [1.54, 1.807) is 42.5 Å². The van der Waals surface area contributed by atoms with E-state index in [0.717, 1.165) is 0 Å². The van der Waals surface area contributed by atoms with Crippen molar-refractivity contribution >= 4 is 27.9 Å². The lowest BCUT2D eigenvalue weighted by atomic mass is 10.0. The molecule has 1 heterocycles. The van der Waals surface area contributed by atoms with Gasteiger partial charge in [-0.2, -0.15) is 5.10 Å². The number of esters is 2. The topological polar surface area (TPSA) is 70.4 Å². The van der Waals surface area contributed by atoms with Crippen molar-refractivity contribution in [2.75, 3.05) is 14.2 Å². The summed E-state index contributed by atoms with van der Waals surface area (Å²) in [6.45, 7) is 0. The van der Waals surface area contributed by atoms with E-state index in [1.807, 2.05) is 0 Å². The van der Waals surface area contributed by atoms with Gasteiger partial charge in [0.15, 0.2) is 5.69 Å². The number of benzene rings is 2. The molecule has 3 aromatic rings. The second-order valence-electron chi connectivity index (χ2n) is 5.74. The van der Waals surface area contributed by atoms with Crippen LogP contribution in [0.1, 0.15) is 26.4 Å². The van der Waals surface area contributed by atoms with Crippen LogP contribution in [0, 0.1) is 5.82 Å². The molecule has 0 bridgehead atoms. The van der Waals surface area contributed by atoms with Crippen LogP contribution >= 0.6 is 15.9 Å². The summed E-state index contributed by atoms with van der Waals surface area (Å²) < 4.78 is 25.3. The van der Waals surface area contributed by atoms with Gasteiger partial charge in [0.2, 0.25) is 0 Å². The van der Waals surface area contributed by atoms with Crippen LogP contribution in [-0.2, 0) is 14.8 Å². The molecule has 28 heavy (non-hydrogen) atoms. The van der Waals surface area contributed by atoms with E-state index in [4.69, 9.17) is 9.47 Å². The first-order valence-corrected chi connectivity index (χ1v) is 9.33. The van der Waals surface area contributed by atoms with Gasteiger partial charge in [-0.25, -0.2) is 18.7 Å². The Hall–Kier alpha value is -3.00. The minimum Gasteiger partial charge on any atom is -0.465 e. The predicted molar refractivity (Wildman–Crippen MR) is 104 cm³/mol. The number of nitrogens with zero attached hydrogens (tertiary/aromatic N) is 2. The molecule has 0 saturated heterocycles. The zero-order valence-electron chi connectivity index (χ0n) is 15.1. The summed E-state index contributed by atoms with van der Waals surface area (Å²) in [6.07, 6.45) is 0. The SMILES string of the molecule is COC(=O)c1c(-c2ccc(CBr)c(F)c2)nn(-c2ccccc2)c1C(=O)OC. The lowest BCUT2D eigenvalue weighted by Gasteiger charge is -2.07. The third-order valence-electron chi connectivity index (χ3n) is 4.12. The van der Waals surface area contributed by atoms with Crippen molar-refractivity contribution in [2.45, 2.75) is 5.33 Å². The zero-order chi connectivity index (χ0) is 20.3. The Kier molecular flexibility index (Phi) is 5.89. The average Bonchev–Trinajstić information content (AvgIpc) is 3.13. The van der Waals surface area contributed by atoms with Crippen LogP contribution in [0.2, 0.25) is 0 Å². The predicted octanol–water partition coefficient (Wildman–Crippen LogP) is 4.15. The molecule has 0 aliphatic heterocycles. The summed E-state index contributed by atoms with van der Waals surface area (Å²) >= 11 is 3.22. The van der Waals surface area contributed by atoms with Crippen molar-refractivity contribution in [3.05, 3.63) is 71.2 Å². The highest BCUT2D eigenvalue weighted by atomic mass is 79.9. The Labute approximate surface area is 169 Å². The van der Waals surface area contributed by atoms with Crippen LogP contribution < -0.4 is 0 Å². The molecule has 144 valence electrons. The number of hydrogen-bond acceptors (Lipinski definition) is 5. The molecule has 2 aromatic carbocycles. The molecule has 0 spiro atoms. The number of hydrogen-bond donors (Lipinski definition) is 0. The first kappa shape index (κ1) is 19.8. The minimum absolute atomic E-state index is 0.0933. The lowest BCUT2D eigenvalue weighted by molar-refractivity contribution is 0.0549. The number of ether oxygens (including phenoxy) is 2. The zero-order valence-corrected chi connectivity index (χ0v) is 16.7. The molecule has 0 N–H and O–H groups in total. The summed E-state index contributed by atoms with van der Waals surface area (Å²) in [4.78, 5) is 25.0. The molecule has 0 atom stereocenters. The van der Waals surface area contributed by atoms with Gasteiger partial charge < -0.3 is 9.47 Å². The first-order valence-electron chi connectivity index (χ1n) is 8.21. The first-order chi connectivity index (χ1) is 13.5. The fourth-order valence-corrected chi connectivity index (χ4v) is 3.21. The lowest BCUT2D eigenvalue weighted by Crippen LogP contribution is -2.15. The number of para-hydroxylation sites is 1. The Morgan fingerprint density at radius 2 is 1.75 bits per heavy atom. The van der Waals surface area contributed by atoms with E-state index in [0.29, 0.717) is 22.1 Å². The summed E-state index contributed by atoms with van der Waals surface area (Å²) in [6, 6.07) is 13.3. The number of methoxy groups -OCH3 is 2. The Morgan fingerprint density at radius 3 is 2.32 bits per heavy atom. The number of halogens is 2. The van der Waals surface area contributed by atoms with Gasteiger partial charge in [0.25, 0.3) is 0 Å². The molecular weight excluding hydrogens is 431 g/mol. The minimum atomic E-state index is -0.775. The number of aromatic nitrogens is 2. The summed E-state index contributed by atoms with van der Waals surface area (Å²) in [5, 5.41) is 4.76. The van der Waals surface area contributed by atoms with Gasteiger partial charge in [-0.3, -0.25) is 0 Å². The Balaban J connectivity index is 2.33. The van der Waals surface area contributed by atoms with E-state index in [9.17, 15) is 14.0 Å². The maximum atomic E-state index is 14.3. The standard InChI is InChI=1S/C20H16BrFN2O4/c1-27-19(25)16-17(12-8-9-13(11-21)15(22)10-12)23-24(18(16)20(26)28-2)14-6-4-3-5-7-14/h3-10H,11H2,1-2H3. The van der Waals surface area contributed by atoms with Crippen LogP contribution in [0.4, 0.5) is 4.39 Å². The average molecular weight is 447 g/mol.